The summed E-state index contributed by atoms with van der Waals surface area (Å²) in [6, 6.07) is 4.10. The van der Waals surface area contributed by atoms with Crippen molar-refractivity contribution in [2.75, 3.05) is 5.33 Å². The highest BCUT2D eigenvalue weighted by Gasteiger charge is 2.09. The lowest BCUT2D eigenvalue weighted by molar-refractivity contribution is 0.0988. The number of rotatable bonds is 3. The Kier molecular flexibility index (Phi) is 4.06. The molecule has 4 heteroatoms. The first kappa shape index (κ1) is 10.9. The summed E-state index contributed by atoms with van der Waals surface area (Å²) in [5.41, 5.74) is 0.402. The summed E-state index contributed by atoms with van der Waals surface area (Å²) >= 11 is 6.36. The summed E-state index contributed by atoms with van der Waals surface area (Å²) in [5.74, 6) is -0.454. The van der Waals surface area contributed by atoms with Crippen molar-refractivity contribution in [2.24, 2.45) is 0 Å². The number of alkyl halides is 1. The van der Waals surface area contributed by atoms with Crippen LogP contribution in [0.3, 0.4) is 0 Å². The molecule has 0 atom stereocenters. The van der Waals surface area contributed by atoms with Crippen LogP contribution in [0.15, 0.2) is 22.7 Å². The molecule has 0 fully saturated rings. The van der Waals surface area contributed by atoms with Gasteiger partial charge >= 0.3 is 0 Å². The van der Waals surface area contributed by atoms with Crippen molar-refractivity contribution >= 4 is 37.6 Å². The summed E-state index contributed by atoms with van der Waals surface area (Å²) in [5, 5.41) is 0.592. The summed E-state index contributed by atoms with van der Waals surface area (Å²) < 4.78 is 13.4. The van der Waals surface area contributed by atoms with E-state index in [9.17, 15) is 9.18 Å². The van der Waals surface area contributed by atoms with Crippen molar-refractivity contribution in [3.63, 3.8) is 0 Å². The first-order valence-electron chi connectivity index (χ1n) is 3.69. The van der Waals surface area contributed by atoms with Crippen LogP contribution in [0.25, 0.3) is 0 Å². The van der Waals surface area contributed by atoms with Crippen molar-refractivity contribution in [1.82, 2.24) is 0 Å². The Balaban J connectivity index is 2.99. The molecule has 0 heterocycles. The van der Waals surface area contributed by atoms with E-state index in [1.165, 1.54) is 18.2 Å². The van der Waals surface area contributed by atoms with Crippen LogP contribution in [0.2, 0.25) is 0 Å². The maximum Gasteiger partial charge on any atom is 0.164 e. The van der Waals surface area contributed by atoms with E-state index in [0.29, 0.717) is 21.8 Å². The Labute approximate surface area is 92.6 Å². The van der Waals surface area contributed by atoms with Crippen LogP contribution >= 0.6 is 31.9 Å². The van der Waals surface area contributed by atoms with Crippen LogP contribution in [0.5, 0.6) is 0 Å². The van der Waals surface area contributed by atoms with Crippen molar-refractivity contribution in [2.45, 2.75) is 6.42 Å². The van der Waals surface area contributed by atoms with Gasteiger partial charge in [0.15, 0.2) is 5.78 Å². The second-order valence-electron chi connectivity index (χ2n) is 2.49. The first-order chi connectivity index (χ1) is 6.15. The largest absolute Gasteiger partial charge is 0.294 e. The van der Waals surface area contributed by atoms with Crippen molar-refractivity contribution in [3.8, 4) is 0 Å². The van der Waals surface area contributed by atoms with Gasteiger partial charge in [-0.1, -0.05) is 31.9 Å². The van der Waals surface area contributed by atoms with Crippen LogP contribution in [0.4, 0.5) is 4.39 Å². The monoisotopic (exact) mass is 308 g/mol. The fraction of sp³-hybridized carbons (Fsp3) is 0.222. The number of halogens is 3. The quantitative estimate of drug-likeness (QED) is 0.616. The molecule has 0 aliphatic heterocycles. The zero-order valence-corrected chi connectivity index (χ0v) is 9.86. The minimum absolute atomic E-state index is 0.0664. The van der Waals surface area contributed by atoms with Gasteiger partial charge in [-0.3, -0.25) is 4.79 Å². The van der Waals surface area contributed by atoms with Gasteiger partial charge < -0.3 is 0 Å². The van der Waals surface area contributed by atoms with Gasteiger partial charge in [-0.2, -0.15) is 0 Å². The Bertz CT molecular complexity index is 325. The third-order valence-corrected chi connectivity index (χ3v) is 2.64. The molecule has 0 radical (unpaired) electrons. The maximum absolute atomic E-state index is 12.8. The maximum atomic E-state index is 12.8. The number of benzene rings is 1. The highest BCUT2D eigenvalue weighted by atomic mass is 79.9. The molecule has 0 aliphatic carbocycles. The molecule has 1 rings (SSSR count). The van der Waals surface area contributed by atoms with Gasteiger partial charge in [0.25, 0.3) is 0 Å². The highest BCUT2D eigenvalue weighted by Crippen LogP contribution is 2.19. The molecule has 1 aromatic carbocycles. The molecule has 0 saturated heterocycles. The fourth-order valence-corrected chi connectivity index (χ4v) is 1.76. The predicted octanol–water partition coefficient (Wildman–Crippen LogP) is 3.56. The summed E-state index contributed by atoms with van der Waals surface area (Å²) in [6.45, 7) is 0. The van der Waals surface area contributed by atoms with E-state index in [-0.39, 0.29) is 11.6 Å². The van der Waals surface area contributed by atoms with Crippen LogP contribution in [-0.2, 0) is 0 Å². The molecule has 0 aromatic heterocycles. The van der Waals surface area contributed by atoms with Gasteiger partial charge in [-0.25, -0.2) is 4.39 Å². The van der Waals surface area contributed by atoms with E-state index < -0.39 is 0 Å². The molecule has 0 spiro atoms. The molecular formula is C9H7Br2FO. The van der Waals surface area contributed by atoms with Gasteiger partial charge in [-0.15, -0.1) is 0 Å². The normalized spacial score (nSPS) is 10.1. The molecule has 0 bridgehead atoms. The number of carbonyl (C=O) groups is 1. The van der Waals surface area contributed by atoms with E-state index in [0.717, 1.165) is 0 Å². The zero-order chi connectivity index (χ0) is 9.84. The molecule has 0 amide bonds. The average Bonchev–Trinajstić information content (AvgIpc) is 2.09. The highest BCUT2D eigenvalue weighted by molar-refractivity contribution is 9.10. The topological polar surface area (TPSA) is 17.1 Å². The molecule has 0 N–H and O–H groups in total. The van der Waals surface area contributed by atoms with Crippen LogP contribution in [-0.4, -0.2) is 11.1 Å². The number of Topliss-reactive ketones (excluding diaryl/α,β-unsaturated/α-hetero) is 1. The van der Waals surface area contributed by atoms with Gasteiger partial charge in [0.2, 0.25) is 0 Å². The summed E-state index contributed by atoms with van der Waals surface area (Å²) in [4.78, 5) is 11.4. The van der Waals surface area contributed by atoms with E-state index in [1.807, 2.05) is 0 Å². The average molecular weight is 310 g/mol. The van der Waals surface area contributed by atoms with E-state index in [4.69, 9.17) is 0 Å². The molecule has 0 unspecified atom stereocenters. The molecule has 13 heavy (non-hydrogen) atoms. The Morgan fingerprint density at radius 1 is 1.46 bits per heavy atom. The second kappa shape index (κ2) is 4.86. The Morgan fingerprint density at radius 3 is 2.77 bits per heavy atom. The van der Waals surface area contributed by atoms with Crippen LogP contribution in [0.1, 0.15) is 16.8 Å². The summed E-state index contributed by atoms with van der Waals surface area (Å²) in [7, 11) is 0. The minimum Gasteiger partial charge on any atom is -0.294 e. The predicted molar refractivity (Wildman–Crippen MR) is 56.8 cm³/mol. The lowest BCUT2D eigenvalue weighted by Gasteiger charge is -2.01. The van der Waals surface area contributed by atoms with Gasteiger partial charge in [0.1, 0.15) is 5.82 Å². The number of ketones is 1. The number of hydrogen-bond acceptors (Lipinski definition) is 1. The van der Waals surface area contributed by atoms with E-state index >= 15 is 0 Å². The van der Waals surface area contributed by atoms with Crippen LogP contribution in [0, 0.1) is 5.82 Å². The molecule has 1 aromatic rings. The van der Waals surface area contributed by atoms with E-state index in [2.05, 4.69) is 31.9 Å². The Morgan fingerprint density at radius 2 is 2.15 bits per heavy atom. The smallest absolute Gasteiger partial charge is 0.164 e. The summed E-state index contributed by atoms with van der Waals surface area (Å²) in [6.07, 6.45) is 0.377. The van der Waals surface area contributed by atoms with Gasteiger partial charge in [0, 0.05) is 21.8 Å². The first-order valence-corrected chi connectivity index (χ1v) is 5.61. The molecule has 0 aliphatic rings. The SMILES string of the molecule is O=C(CCBr)c1cc(F)ccc1Br. The third-order valence-electron chi connectivity index (χ3n) is 1.55. The molecule has 1 nitrogen and oxygen atoms in total. The third kappa shape index (κ3) is 2.88. The number of carbonyl (C=O) groups excluding carboxylic acids is 1. The van der Waals surface area contributed by atoms with Crippen molar-refractivity contribution in [1.29, 1.82) is 0 Å². The minimum atomic E-state index is -0.388. The van der Waals surface area contributed by atoms with Crippen molar-refractivity contribution in [3.05, 3.63) is 34.1 Å². The lowest BCUT2D eigenvalue weighted by Crippen LogP contribution is -2.01. The number of hydrogen-bond donors (Lipinski definition) is 0. The fourth-order valence-electron chi connectivity index (χ4n) is 0.932. The second-order valence-corrected chi connectivity index (χ2v) is 4.13. The standard InChI is InChI=1S/C9H7Br2FO/c10-4-3-9(13)7-5-6(12)1-2-8(7)11/h1-2,5H,3-4H2. The van der Waals surface area contributed by atoms with Crippen molar-refractivity contribution < 1.29 is 9.18 Å². The zero-order valence-electron chi connectivity index (χ0n) is 6.69. The molecule has 0 saturated carbocycles. The lowest BCUT2D eigenvalue weighted by atomic mass is 10.1. The van der Waals surface area contributed by atoms with Gasteiger partial charge in [0.05, 0.1) is 0 Å². The molecular weight excluding hydrogens is 303 g/mol. The van der Waals surface area contributed by atoms with Crippen LogP contribution < -0.4 is 0 Å². The van der Waals surface area contributed by atoms with E-state index in [1.54, 1.807) is 0 Å². The molecule has 70 valence electrons. The Hall–Kier alpha value is -0.220. The van der Waals surface area contributed by atoms with Gasteiger partial charge in [-0.05, 0) is 18.2 Å².